The Morgan fingerprint density at radius 1 is 1.35 bits per heavy atom. The van der Waals surface area contributed by atoms with Gasteiger partial charge in [0.05, 0.1) is 0 Å². The Morgan fingerprint density at radius 3 is 2.90 bits per heavy atom. The second kappa shape index (κ2) is 4.92. The summed E-state index contributed by atoms with van der Waals surface area (Å²) in [7, 11) is 1.54. The number of benzene rings is 1. The minimum Gasteiger partial charge on any atom is -0.454 e. The van der Waals surface area contributed by atoms with E-state index in [2.05, 4.69) is 5.32 Å². The van der Waals surface area contributed by atoms with Crippen molar-refractivity contribution in [2.75, 3.05) is 20.4 Å². The average molecular weight is 278 g/mol. The molecule has 3 rings (SSSR count). The van der Waals surface area contributed by atoms with Crippen molar-refractivity contribution < 1.29 is 23.8 Å². The molecule has 0 spiro atoms. The fraction of sp³-hybridized carbons (Fsp3) is 0.385. The summed E-state index contributed by atoms with van der Waals surface area (Å²) in [5.41, 5.74) is 0.899. The van der Waals surface area contributed by atoms with E-state index < -0.39 is 12.1 Å². The molecule has 2 aliphatic heterocycles. The minimum absolute atomic E-state index is 0.0856. The molecule has 0 aliphatic carbocycles. The first-order chi connectivity index (χ1) is 9.65. The Morgan fingerprint density at radius 2 is 2.15 bits per heavy atom. The van der Waals surface area contributed by atoms with Crippen LogP contribution in [0.15, 0.2) is 18.2 Å². The van der Waals surface area contributed by atoms with Crippen LogP contribution in [0.5, 0.6) is 11.5 Å². The lowest BCUT2D eigenvalue weighted by Crippen LogP contribution is -2.43. The molecule has 7 heteroatoms. The zero-order valence-corrected chi connectivity index (χ0v) is 10.9. The van der Waals surface area contributed by atoms with Gasteiger partial charge in [-0.15, -0.1) is 0 Å². The van der Waals surface area contributed by atoms with E-state index in [1.165, 1.54) is 4.90 Å². The van der Waals surface area contributed by atoms with Crippen LogP contribution in [0.25, 0.3) is 0 Å². The van der Waals surface area contributed by atoms with Crippen molar-refractivity contribution >= 4 is 12.0 Å². The molecule has 2 heterocycles. The van der Waals surface area contributed by atoms with Crippen LogP contribution in [0.4, 0.5) is 4.79 Å². The molecule has 0 unspecified atom stereocenters. The molecule has 7 nitrogen and oxygen atoms in total. The largest absolute Gasteiger partial charge is 0.454 e. The van der Waals surface area contributed by atoms with Crippen LogP contribution in [0, 0.1) is 0 Å². The Hall–Kier alpha value is -2.44. The third-order valence-electron chi connectivity index (χ3n) is 3.33. The quantitative estimate of drug-likeness (QED) is 0.870. The predicted octanol–water partition coefficient (Wildman–Crippen LogP) is 0.482. The molecule has 1 aromatic carbocycles. The van der Waals surface area contributed by atoms with Crippen LogP contribution in [0.2, 0.25) is 0 Å². The number of rotatable bonds is 3. The van der Waals surface area contributed by atoms with Crippen LogP contribution in [0.1, 0.15) is 5.56 Å². The zero-order chi connectivity index (χ0) is 14.1. The Bertz CT molecular complexity index is 560. The van der Waals surface area contributed by atoms with Crippen LogP contribution < -0.4 is 14.8 Å². The molecule has 1 fully saturated rings. The highest BCUT2D eigenvalue weighted by Crippen LogP contribution is 2.32. The molecule has 0 aromatic heterocycles. The molecule has 2 aliphatic rings. The van der Waals surface area contributed by atoms with Gasteiger partial charge in [0.2, 0.25) is 12.7 Å². The van der Waals surface area contributed by atoms with Crippen LogP contribution in [-0.2, 0) is 16.1 Å². The van der Waals surface area contributed by atoms with Gasteiger partial charge in [-0.2, -0.15) is 0 Å². The average Bonchev–Trinajstić information content (AvgIpc) is 3.03. The Labute approximate surface area is 115 Å². The number of carbonyl (C=O) groups is 2. The summed E-state index contributed by atoms with van der Waals surface area (Å²) >= 11 is 0. The van der Waals surface area contributed by atoms with Gasteiger partial charge in [0.25, 0.3) is 0 Å². The summed E-state index contributed by atoms with van der Waals surface area (Å²) in [6.07, 6.45) is -0.478. The summed E-state index contributed by atoms with van der Waals surface area (Å²) in [6, 6.07) is 4.91. The Balaban J connectivity index is 1.59. The molecule has 1 atom stereocenters. The van der Waals surface area contributed by atoms with E-state index in [9.17, 15) is 9.59 Å². The number of ether oxygens (including phenoxy) is 3. The van der Waals surface area contributed by atoms with Crippen molar-refractivity contribution in [3.8, 4) is 11.5 Å². The smallest absolute Gasteiger partial charge is 0.410 e. The topological polar surface area (TPSA) is 77.1 Å². The van der Waals surface area contributed by atoms with Gasteiger partial charge in [-0.1, -0.05) is 6.07 Å². The minimum atomic E-state index is -0.573. The van der Waals surface area contributed by atoms with Crippen LogP contribution in [-0.4, -0.2) is 43.4 Å². The van der Waals surface area contributed by atoms with E-state index in [1.54, 1.807) is 13.1 Å². The standard InChI is InChI=1S/C13H14N2O5/c1-15-9(6-18-13(15)17)12(16)14-5-8-2-3-10-11(4-8)20-7-19-10/h2-4,9H,5-7H2,1H3,(H,14,16)/t9-/m0/s1. The number of nitrogens with one attached hydrogen (secondary N) is 1. The van der Waals surface area contributed by atoms with Gasteiger partial charge in [-0.3, -0.25) is 9.69 Å². The van der Waals surface area contributed by atoms with Crippen molar-refractivity contribution in [3.05, 3.63) is 23.8 Å². The first kappa shape index (κ1) is 12.6. The number of amides is 2. The fourth-order valence-electron chi connectivity index (χ4n) is 2.10. The first-order valence-electron chi connectivity index (χ1n) is 6.21. The van der Waals surface area contributed by atoms with E-state index in [0.717, 1.165) is 5.56 Å². The SMILES string of the molecule is CN1C(=O)OC[C@H]1C(=O)NCc1ccc2c(c1)OCO2. The van der Waals surface area contributed by atoms with E-state index in [0.29, 0.717) is 18.0 Å². The summed E-state index contributed by atoms with van der Waals surface area (Å²) < 4.78 is 15.3. The second-order valence-electron chi connectivity index (χ2n) is 4.61. The summed E-state index contributed by atoms with van der Waals surface area (Å²) in [4.78, 5) is 24.4. The lowest BCUT2D eigenvalue weighted by molar-refractivity contribution is -0.124. The van der Waals surface area contributed by atoms with Crippen LogP contribution >= 0.6 is 0 Å². The summed E-state index contributed by atoms with van der Waals surface area (Å²) in [5, 5.41) is 2.77. The van der Waals surface area contributed by atoms with Gasteiger partial charge in [-0.25, -0.2) is 4.79 Å². The van der Waals surface area contributed by atoms with Gasteiger partial charge in [0, 0.05) is 13.6 Å². The molecular formula is C13H14N2O5. The monoisotopic (exact) mass is 278 g/mol. The van der Waals surface area contributed by atoms with Crippen molar-refractivity contribution in [1.29, 1.82) is 0 Å². The van der Waals surface area contributed by atoms with E-state index in [4.69, 9.17) is 14.2 Å². The summed E-state index contributed by atoms with van der Waals surface area (Å²) in [5.74, 6) is 1.14. The second-order valence-corrected chi connectivity index (χ2v) is 4.61. The maximum Gasteiger partial charge on any atom is 0.410 e. The van der Waals surface area contributed by atoms with Gasteiger partial charge in [0.1, 0.15) is 12.6 Å². The molecule has 106 valence electrons. The van der Waals surface area contributed by atoms with Crippen molar-refractivity contribution in [3.63, 3.8) is 0 Å². The van der Waals surface area contributed by atoms with E-state index >= 15 is 0 Å². The summed E-state index contributed by atoms with van der Waals surface area (Å²) in [6.45, 7) is 0.660. The third kappa shape index (κ3) is 2.22. The number of hydrogen-bond acceptors (Lipinski definition) is 5. The number of carbonyl (C=O) groups excluding carboxylic acids is 2. The molecular weight excluding hydrogens is 264 g/mol. The maximum atomic E-state index is 12.0. The molecule has 1 saturated heterocycles. The lowest BCUT2D eigenvalue weighted by Gasteiger charge is -2.15. The van der Waals surface area contributed by atoms with Gasteiger partial charge < -0.3 is 19.5 Å². The molecule has 1 N–H and O–H groups in total. The molecule has 0 saturated carbocycles. The third-order valence-corrected chi connectivity index (χ3v) is 3.33. The van der Waals surface area contributed by atoms with Crippen LogP contribution in [0.3, 0.4) is 0 Å². The fourth-order valence-corrected chi connectivity index (χ4v) is 2.10. The van der Waals surface area contributed by atoms with Crippen molar-refractivity contribution in [1.82, 2.24) is 10.2 Å². The zero-order valence-electron chi connectivity index (χ0n) is 10.9. The highest BCUT2D eigenvalue weighted by molar-refractivity contribution is 5.87. The van der Waals surface area contributed by atoms with Gasteiger partial charge in [-0.05, 0) is 17.7 Å². The first-order valence-corrected chi connectivity index (χ1v) is 6.21. The van der Waals surface area contributed by atoms with Gasteiger partial charge in [0.15, 0.2) is 11.5 Å². The van der Waals surface area contributed by atoms with Crippen molar-refractivity contribution in [2.45, 2.75) is 12.6 Å². The number of hydrogen-bond donors (Lipinski definition) is 1. The van der Waals surface area contributed by atoms with Gasteiger partial charge >= 0.3 is 6.09 Å². The number of likely N-dealkylation sites (N-methyl/N-ethyl adjacent to an activating group) is 1. The molecule has 20 heavy (non-hydrogen) atoms. The number of cyclic esters (lactones) is 1. The highest BCUT2D eigenvalue weighted by atomic mass is 16.7. The molecule has 0 radical (unpaired) electrons. The molecule has 1 aromatic rings. The van der Waals surface area contributed by atoms with E-state index in [-0.39, 0.29) is 19.3 Å². The number of fused-ring (bicyclic) bond motifs is 1. The van der Waals surface area contributed by atoms with E-state index in [1.807, 2.05) is 12.1 Å². The maximum absolute atomic E-state index is 12.0. The highest BCUT2D eigenvalue weighted by Gasteiger charge is 2.34. The lowest BCUT2D eigenvalue weighted by atomic mass is 10.2. The predicted molar refractivity (Wildman–Crippen MR) is 67.3 cm³/mol. The molecule has 0 bridgehead atoms. The molecule has 2 amide bonds. The number of nitrogens with zero attached hydrogens (tertiary/aromatic N) is 1. The Kier molecular flexibility index (Phi) is 3.09. The normalized spacial score (nSPS) is 19.9. The van der Waals surface area contributed by atoms with Crippen molar-refractivity contribution in [2.24, 2.45) is 0 Å².